The van der Waals surface area contributed by atoms with Crippen LogP contribution < -0.4 is 4.57 Å². The van der Waals surface area contributed by atoms with E-state index in [0.29, 0.717) is 22.2 Å². The molecule has 0 bridgehead atoms. The first-order valence-corrected chi connectivity index (χ1v) is 7.91. The van der Waals surface area contributed by atoms with Gasteiger partial charge in [-0.25, -0.2) is 0 Å². The van der Waals surface area contributed by atoms with Crippen molar-refractivity contribution >= 4 is 35.1 Å². The molecule has 0 saturated heterocycles. The summed E-state index contributed by atoms with van der Waals surface area (Å²) in [6.07, 6.45) is 5.32. The monoisotopic (exact) mass is 344 g/mol. The lowest BCUT2D eigenvalue weighted by Gasteiger charge is -2.19. The van der Waals surface area contributed by atoms with Gasteiger partial charge in [-0.1, -0.05) is 29.8 Å². The van der Waals surface area contributed by atoms with Gasteiger partial charge >= 0.3 is 0 Å². The smallest absolute Gasteiger partial charge is 0.237 e. The van der Waals surface area contributed by atoms with Crippen LogP contribution in [0.1, 0.15) is 22.0 Å². The van der Waals surface area contributed by atoms with Gasteiger partial charge in [-0.15, -0.1) is 6.58 Å². The zero-order chi connectivity index (χ0) is 16.8. The fourth-order valence-corrected chi connectivity index (χ4v) is 2.73. The van der Waals surface area contributed by atoms with Gasteiger partial charge in [0.25, 0.3) is 0 Å². The molecule has 0 spiro atoms. The number of hydrogen-bond donors (Lipinski definition) is 0. The molecule has 1 heterocycles. The Morgan fingerprint density at radius 1 is 1.39 bits per heavy atom. The number of ketones is 1. The zero-order valence-corrected chi connectivity index (χ0v) is 14.3. The third-order valence-electron chi connectivity index (χ3n) is 3.27. The molecule has 23 heavy (non-hydrogen) atoms. The Morgan fingerprint density at radius 2 is 2.13 bits per heavy atom. The van der Waals surface area contributed by atoms with Crippen LogP contribution in [0, 0.1) is 6.92 Å². The second-order valence-corrected chi connectivity index (χ2v) is 5.87. The van der Waals surface area contributed by atoms with E-state index >= 15 is 0 Å². The van der Waals surface area contributed by atoms with Crippen LogP contribution in [0.5, 0.6) is 0 Å². The average Bonchev–Trinajstić information content (AvgIpc) is 2.53. The van der Waals surface area contributed by atoms with Crippen molar-refractivity contribution in [3.63, 3.8) is 0 Å². The zero-order valence-electron chi connectivity index (χ0n) is 12.8. The number of nitrogens with zero attached hydrogens (tertiary/aromatic N) is 2. The molecule has 0 radical (unpaired) electrons. The fraction of sp³-hybridized carbons (Fsp3) is 0.167. The van der Waals surface area contributed by atoms with Gasteiger partial charge in [0.15, 0.2) is 12.4 Å². The van der Waals surface area contributed by atoms with Crippen molar-refractivity contribution < 1.29 is 9.36 Å². The highest BCUT2D eigenvalue weighted by atomic mass is 35.5. The third kappa shape index (κ3) is 4.24. The van der Waals surface area contributed by atoms with E-state index in [2.05, 4.69) is 11.6 Å². The molecule has 0 amide bonds. The lowest BCUT2D eigenvalue weighted by atomic mass is 10.0. The standard InChI is InChI=1S/C18H17ClN2OS/c1-3-10-20-18(23)16(21-11-6-7-13(2)12-21)17(22)14-8-4-5-9-15(14)19/h3-9,11-12,16H,1,10H2,2H3/t16-/m0/s1. The highest BCUT2D eigenvalue weighted by Crippen LogP contribution is 2.20. The molecule has 1 aromatic carbocycles. The number of carbonyl (C=O) groups excluding carboxylic acids is 1. The molecular formula is C18H17ClN2OS. The molecule has 0 aliphatic rings. The average molecular weight is 345 g/mol. The number of aryl methyl sites for hydroxylation is 1. The molecule has 0 aliphatic carbocycles. The predicted octanol–water partition coefficient (Wildman–Crippen LogP) is 3.49. The van der Waals surface area contributed by atoms with Gasteiger partial charge in [0.2, 0.25) is 11.8 Å². The molecule has 1 atom stereocenters. The minimum atomic E-state index is -0.704. The van der Waals surface area contributed by atoms with Crippen molar-refractivity contribution in [3.05, 3.63) is 77.6 Å². The van der Waals surface area contributed by atoms with Crippen LogP contribution in [0.25, 0.3) is 0 Å². The number of benzene rings is 1. The second kappa shape index (κ2) is 7.99. The Kier molecular flexibility index (Phi) is 6.02. The molecule has 0 unspecified atom stereocenters. The van der Waals surface area contributed by atoms with E-state index in [1.54, 1.807) is 34.9 Å². The number of carbonyl (C=O) groups is 1. The molecule has 0 aliphatic heterocycles. The first-order valence-electron chi connectivity index (χ1n) is 7.13. The van der Waals surface area contributed by atoms with Crippen LogP contribution in [0.4, 0.5) is 0 Å². The first kappa shape index (κ1) is 17.3. The molecule has 0 saturated carbocycles. The van der Waals surface area contributed by atoms with Crippen molar-refractivity contribution in [2.45, 2.75) is 13.0 Å². The first-order chi connectivity index (χ1) is 11.0. The second-order valence-electron chi connectivity index (χ2n) is 5.04. The SMILES string of the molecule is C=CCN=C([S-])[C@H](C(=O)c1ccccc1Cl)[n+]1cccc(C)c1. The van der Waals surface area contributed by atoms with Gasteiger partial charge in [-0.05, 0) is 30.2 Å². The lowest BCUT2D eigenvalue weighted by Crippen LogP contribution is -2.48. The molecule has 118 valence electrons. The van der Waals surface area contributed by atoms with Gasteiger partial charge in [0.05, 0.1) is 11.6 Å². The van der Waals surface area contributed by atoms with Gasteiger partial charge in [-0.2, -0.15) is 4.57 Å². The molecule has 0 fully saturated rings. The Hall–Kier alpha value is -2.04. The number of rotatable bonds is 6. The Bertz CT molecular complexity index is 758. The van der Waals surface area contributed by atoms with Gasteiger partial charge in [-0.3, -0.25) is 4.79 Å². The van der Waals surface area contributed by atoms with E-state index in [4.69, 9.17) is 24.2 Å². The normalized spacial score (nSPS) is 12.7. The Labute approximate surface area is 146 Å². The summed E-state index contributed by atoms with van der Waals surface area (Å²) >= 11 is 11.6. The Balaban J connectivity index is 2.51. The molecule has 2 rings (SSSR count). The van der Waals surface area contributed by atoms with E-state index in [1.165, 1.54) is 0 Å². The van der Waals surface area contributed by atoms with E-state index in [0.717, 1.165) is 5.56 Å². The van der Waals surface area contributed by atoms with Gasteiger partial charge in [0.1, 0.15) is 0 Å². The van der Waals surface area contributed by atoms with E-state index in [1.807, 2.05) is 31.5 Å². The predicted molar refractivity (Wildman–Crippen MR) is 96.1 cm³/mol. The minimum absolute atomic E-state index is 0.177. The van der Waals surface area contributed by atoms with Crippen molar-refractivity contribution in [3.8, 4) is 0 Å². The van der Waals surface area contributed by atoms with Crippen LogP contribution in [0.15, 0.2) is 66.4 Å². The van der Waals surface area contributed by atoms with E-state index < -0.39 is 6.04 Å². The summed E-state index contributed by atoms with van der Waals surface area (Å²) in [5, 5.41) is 0.715. The molecule has 2 aromatic rings. The number of aromatic nitrogens is 1. The summed E-state index contributed by atoms with van der Waals surface area (Å²) in [5.41, 5.74) is 1.46. The quantitative estimate of drug-likeness (QED) is 0.201. The van der Waals surface area contributed by atoms with Crippen LogP contribution in [-0.2, 0) is 12.6 Å². The van der Waals surface area contributed by atoms with Crippen LogP contribution in [0.2, 0.25) is 5.02 Å². The van der Waals surface area contributed by atoms with Crippen molar-refractivity contribution in [1.82, 2.24) is 0 Å². The van der Waals surface area contributed by atoms with Crippen LogP contribution in [-0.4, -0.2) is 17.4 Å². The van der Waals surface area contributed by atoms with Crippen molar-refractivity contribution in [1.29, 1.82) is 0 Å². The molecular weight excluding hydrogens is 328 g/mol. The number of pyridine rings is 1. The van der Waals surface area contributed by atoms with Gasteiger partial charge < -0.3 is 17.6 Å². The lowest BCUT2D eigenvalue weighted by molar-refractivity contribution is -0.692. The summed E-state index contributed by atoms with van der Waals surface area (Å²) < 4.78 is 1.77. The summed E-state index contributed by atoms with van der Waals surface area (Å²) in [7, 11) is 0. The highest BCUT2D eigenvalue weighted by Gasteiger charge is 2.29. The maximum atomic E-state index is 13.0. The maximum Gasteiger partial charge on any atom is 0.237 e. The van der Waals surface area contributed by atoms with E-state index in [9.17, 15) is 4.79 Å². The largest absolute Gasteiger partial charge is 0.758 e. The summed E-state index contributed by atoms with van der Waals surface area (Å²) in [6.45, 7) is 5.96. The number of halogens is 1. The molecule has 5 heteroatoms. The van der Waals surface area contributed by atoms with E-state index in [-0.39, 0.29) is 5.78 Å². The molecule has 1 aromatic heterocycles. The Morgan fingerprint density at radius 3 is 2.78 bits per heavy atom. The summed E-state index contributed by atoms with van der Waals surface area (Å²) in [4.78, 5) is 17.3. The molecule has 0 N–H and O–H groups in total. The number of hydrogen-bond acceptors (Lipinski definition) is 3. The highest BCUT2D eigenvalue weighted by molar-refractivity contribution is 7.77. The topological polar surface area (TPSA) is 33.3 Å². The number of aliphatic imine (C=N–C) groups is 1. The molecule has 3 nitrogen and oxygen atoms in total. The maximum absolute atomic E-state index is 13.0. The fourth-order valence-electron chi connectivity index (χ4n) is 2.20. The van der Waals surface area contributed by atoms with Gasteiger partial charge in [0, 0.05) is 17.2 Å². The third-order valence-corrected chi connectivity index (χ3v) is 3.95. The summed E-state index contributed by atoms with van der Waals surface area (Å²) in [5.74, 6) is -0.177. The summed E-state index contributed by atoms with van der Waals surface area (Å²) in [6, 6.07) is 10.1. The minimum Gasteiger partial charge on any atom is -0.758 e. The van der Waals surface area contributed by atoms with Crippen LogP contribution >= 0.6 is 11.6 Å². The van der Waals surface area contributed by atoms with Crippen molar-refractivity contribution in [2.75, 3.05) is 6.54 Å². The van der Waals surface area contributed by atoms with Crippen molar-refractivity contribution in [2.24, 2.45) is 4.99 Å². The number of Topliss-reactive ketones (excluding diaryl/α,β-unsaturated/α-hetero) is 1. The van der Waals surface area contributed by atoms with Crippen LogP contribution in [0.3, 0.4) is 0 Å².